The zero-order valence-corrected chi connectivity index (χ0v) is 17.7. The molecule has 2 amide bonds. The normalized spacial score (nSPS) is 10.6. The van der Waals surface area contributed by atoms with Gasteiger partial charge in [-0.05, 0) is 43.9 Å². The summed E-state index contributed by atoms with van der Waals surface area (Å²) in [6.07, 6.45) is 3.36. The van der Waals surface area contributed by atoms with Crippen molar-refractivity contribution < 1.29 is 9.59 Å². The quantitative estimate of drug-likeness (QED) is 0.488. The second-order valence-corrected chi connectivity index (χ2v) is 7.69. The predicted molar refractivity (Wildman–Crippen MR) is 118 cm³/mol. The van der Waals surface area contributed by atoms with Crippen LogP contribution in [0.1, 0.15) is 26.4 Å². The minimum Gasteiger partial charge on any atom is -0.351 e. The molecule has 0 atom stereocenters. The second kappa shape index (κ2) is 10.5. The number of hydrogen-bond acceptors (Lipinski definition) is 7. The minimum atomic E-state index is -0.270. The van der Waals surface area contributed by atoms with Gasteiger partial charge in [-0.25, -0.2) is 4.98 Å². The molecule has 3 aromatic rings. The Hall–Kier alpha value is -3.30. The van der Waals surface area contributed by atoms with Gasteiger partial charge in [0.2, 0.25) is 0 Å². The summed E-state index contributed by atoms with van der Waals surface area (Å²) >= 11 is 1.35. The smallest absolute Gasteiger partial charge is 0.273 e. The van der Waals surface area contributed by atoms with Crippen LogP contribution in [-0.4, -0.2) is 53.9 Å². The zero-order valence-electron chi connectivity index (χ0n) is 16.9. The Morgan fingerprint density at radius 2 is 1.87 bits per heavy atom. The molecular formula is C21H24N6O2S. The molecule has 0 aliphatic heterocycles. The Morgan fingerprint density at radius 3 is 2.57 bits per heavy atom. The van der Waals surface area contributed by atoms with Crippen LogP contribution in [0.25, 0.3) is 0 Å². The molecule has 0 unspecified atom stereocenters. The third kappa shape index (κ3) is 6.10. The highest BCUT2D eigenvalue weighted by Gasteiger charge is 2.15. The first-order chi connectivity index (χ1) is 14.5. The Balaban J connectivity index is 1.53. The van der Waals surface area contributed by atoms with Crippen LogP contribution >= 0.6 is 11.3 Å². The highest BCUT2D eigenvalue weighted by molar-refractivity contribution is 7.14. The van der Waals surface area contributed by atoms with Crippen LogP contribution in [-0.2, 0) is 6.54 Å². The summed E-state index contributed by atoms with van der Waals surface area (Å²) in [6, 6.07) is 10.9. The van der Waals surface area contributed by atoms with E-state index in [2.05, 4.69) is 25.9 Å². The fourth-order valence-electron chi connectivity index (χ4n) is 2.60. The fraction of sp³-hybridized carbons (Fsp3) is 0.238. The van der Waals surface area contributed by atoms with Gasteiger partial charge in [0.1, 0.15) is 5.00 Å². The number of anilines is 2. The molecule has 156 valence electrons. The molecule has 2 aromatic heterocycles. The van der Waals surface area contributed by atoms with Crippen LogP contribution in [0.2, 0.25) is 0 Å². The molecule has 0 spiro atoms. The molecule has 2 heterocycles. The van der Waals surface area contributed by atoms with Gasteiger partial charge in [0.15, 0.2) is 5.69 Å². The maximum absolute atomic E-state index is 12.5. The third-order valence-electron chi connectivity index (χ3n) is 4.22. The van der Waals surface area contributed by atoms with Crippen LogP contribution in [0.3, 0.4) is 0 Å². The average Bonchev–Trinajstić information content (AvgIpc) is 3.21. The molecule has 8 nitrogen and oxygen atoms in total. The summed E-state index contributed by atoms with van der Waals surface area (Å²) in [6.45, 7) is 1.71. The minimum absolute atomic E-state index is 0.110. The van der Waals surface area contributed by atoms with E-state index < -0.39 is 0 Å². The van der Waals surface area contributed by atoms with E-state index in [1.807, 2.05) is 43.3 Å². The molecule has 0 saturated heterocycles. The number of thiazole rings is 1. The van der Waals surface area contributed by atoms with E-state index in [9.17, 15) is 9.59 Å². The Kier molecular flexibility index (Phi) is 7.47. The van der Waals surface area contributed by atoms with Gasteiger partial charge in [0, 0.05) is 31.4 Å². The van der Waals surface area contributed by atoms with Crippen molar-refractivity contribution in [2.45, 2.75) is 6.54 Å². The van der Waals surface area contributed by atoms with Crippen LogP contribution in [0.5, 0.6) is 0 Å². The lowest BCUT2D eigenvalue weighted by Gasteiger charge is -2.11. The molecule has 1 aromatic carbocycles. The molecule has 9 heteroatoms. The Labute approximate surface area is 179 Å². The molecule has 0 saturated carbocycles. The number of nitrogens with one attached hydrogen (secondary N) is 3. The fourth-order valence-corrected chi connectivity index (χ4v) is 3.30. The van der Waals surface area contributed by atoms with Crippen molar-refractivity contribution in [3.63, 3.8) is 0 Å². The summed E-state index contributed by atoms with van der Waals surface area (Å²) in [5.41, 5.74) is 4.23. The number of amides is 2. The van der Waals surface area contributed by atoms with Gasteiger partial charge in [-0.1, -0.05) is 12.1 Å². The highest BCUT2D eigenvalue weighted by Crippen LogP contribution is 2.24. The number of aromatic nitrogens is 2. The van der Waals surface area contributed by atoms with E-state index in [1.165, 1.54) is 11.3 Å². The van der Waals surface area contributed by atoms with Crippen molar-refractivity contribution in [2.24, 2.45) is 0 Å². The van der Waals surface area contributed by atoms with Crippen molar-refractivity contribution in [1.82, 2.24) is 25.5 Å². The lowest BCUT2D eigenvalue weighted by atomic mass is 10.1. The molecule has 0 aliphatic carbocycles. The summed E-state index contributed by atoms with van der Waals surface area (Å²) < 4.78 is 0. The number of benzene rings is 1. The number of rotatable bonds is 9. The highest BCUT2D eigenvalue weighted by atomic mass is 32.1. The lowest BCUT2D eigenvalue weighted by molar-refractivity contribution is 0.0940. The van der Waals surface area contributed by atoms with Crippen LogP contribution in [0, 0.1) is 0 Å². The van der Waals surface area contributed by atoms with Gasteiger partial charge in [0.25, 0.3) is 11.8 Å². The second-order valence-electron chi connectivity index (χ2n) is 6.84. The maximum Gasteiger partial charge on any atom is 0.273 e. The third-order valence-corrected chi connectivity index (χ3v) is 4.96. The van der Waals surface area contributed by atoms with Gasteiger partial charge in [0.05, 0.1) is 17.4 Å². The maximum atomic E-state index is 12.5. The first-order valence-electron chi connectivity index (χ1n) is 9.43. The van der Waals surface area contributed by atoms with Crippen LogP contribution < -0.4 is 16.0 Å². The van der Waals surface area contributed by atoms with Gasteiger partial charge < -0.3 is 20.9 Å². The molecule has 0 bridgehead atoms. The number of carbonyl (C=O) groups excluding carboxylic acids is 2. The first-order valence-corrected chi connectivity index (χ1v) is 10.3. The molecular weight excluding hydrogens is 400 g/mol. The number of hydrogen-bond donors (Lipinski definition) is 3. The number of carbonyl (C=O) groups is 2. The van der Waals surface area contributed by atoms with Crippen LogP contribution in [0.4, 0.5) is 10.7 Å². The molecule has 30 heavy (non-hydrogen) atoms. The van der Waals surface area contributed by atoms with Crippen molar-refractivity contribution >= 4 is 33.8 Å². The van der Waals surface area contributed by atoms with E-state index in [-0.39, 0.29) is 11.8 Å². The number of likely N-dealkylation sites (N-methyl/N-ethyl adjacent to an activating group) is 1. The van der Waals surface area contributed by atoms with Crippen molar-refractivity contribution in [3.05, 3.63) is 71.1 Å². The van der Waals surface area contributed by atoms with E-state index in [0.717, 1.165) is 17.8 Å². The topological polar surface area (TPSA) is 99.3 Å². The zero-order chi connectivity index (χ0) is 21.3. The van der Waals surface area contributed by atoms with E-state index in [4.69, 9.17) is 0 Å². The largest absolute Gasteiger partial charge is 0.351 e. The summed E-state index contributed by atoms with van der Waals surface area (Å²) in [5.74, 6) is -0.380. The summed E-state index contributed by atoms with van der Waals surface area (Å²) in [5, 5.41) is 9.56. The summed E-state index contributed by atoms with van der Waals surface area (Å²) in [4.78, 5) is 34.9. The molecule has 3 N–H and O–H groups in total. The molecule has 0 aliphatic rings. The Bertz CT molecular complexity index is 973. The lowest BCUT2D eigenvalue weighted by Crippen LogP contribution is -2.31. The SMILES string of the molecule is CN(C)CCNC(=O)c1ccc(CNC(=O)c2ncsc2Nc2cccnc2)cc1. The van der Waals surface area contributed by atoms with Crippen molar-refractivity contribution in [1.29, 1.82) is 0 Å². The van der Waals surface area contributed by atoms with Crippen LogP contribution in [0.15, 0.2) is 54.3 Å². The van der Waals surface area contributed by atoms with E-state index in [1.54, 1.807) is 30.0 Å². The van der Waals surface area contributed by atoms with Gasteiger partial charge in [-0.15, -0.1) is 11.3 Å². The predicted octanol–water partition coefficient (Wildman–Crippen LogP) is 2.50. The summed E-state index contributed by atoms with van der Waals surface area (Å²) in [7, 11) is 3.91. The van der Waals surface area contributed by atoms with Gasteiger partial charge in [-0.2, -0.15) is 0 Å². The van der Waals surface area contributed by atoms with Gasteiger partial charge in [-0.3, -0.25) is 14.6 Å². The monoisotopic (exact) mass is 424 g/mol. The number of nitrogens with zero attached hydrogens (tertiary/aromatic N) is 3. The molecule has 0 fully saturated rings. The standard InChI is InChI=1S/C21H24N6O2S/c1-27(2)11-10-23-19(28)16-7-5-15(6-8-16)12-24-20(29)18-21(30-14-25-18)26-17-4-3-9-22-13-17/h3-9,13-14,26H,10-12H2,1-2H3,(H,23,28)(H,24,29). The number of pyridine rings is 1. The first kappa shape index (κ1) is 21.4. The molecule has 3 rings (SSSR count). The Morgan fingerprint density at radius 1 is 1.07 bits per heavy atom. The van der Waals surface area contributed by atoms with E-state index >= 15 is 0 Å². The van der Waals surface area contributed by atoms with Crippen molar-refractivity contribution in [2.75, 3.05) is 32.5 Å². The van der Waals surface area contributed by atoms with E-state index in [0.29, 0.717) is 29.3 Å². The average molecular weight is 425 g/mol. The van der Waals surface area contributed by atoms with Gasteiger partial charge >= 0.3 is 0 Å². The molecule has 0 radical (unpaired) electrons. The van der Waals surface area contributed by atoms with Crippen molar-refractivity contribution in [3.8, 4) is 0 Å².